The molecular formula is C87H58N4O2. The van der Waals surface area contributed by atoms with Crippen LogP contribution >= 0.6 is 0 Å². The van der Waals surface area contributed by atoms with Gasteiger partial charge in [0.2, 0.25) is 0 Å². The molecule has 0 aliphatic heterocycles. The van der Waals surface area contributed by atoms with Gasteiger partial charge in [-0.2, -0.15) is 0 Å². The van der Waals surface area contributed by atoms with Gasteiger partial charge in [0.25, 0.3) is 0 Å². The lowest BCUT2D eigenvalue weighted by molar-refractivity contribution is 0.631. The second-order valence-electron chi connectivity index (χ2n) is 25.1. The van der Waals surface area contributed by atoms with Crippen LogP contribution in [0, 0.1) is 0 Å². The van der Waals surface area contributed by atoms with Crippen LogP contribution in [0.15, 0.2) is 324 Å². The topological polar surface area (TPSA) is 42.6 Å². The third-order valence-corrected chi connectivity index (χ3v) is 19.5. The van der Waals surface area contributed by atoms with Gasteiger partial charge in [0.1, 0.15) is 22.7 Å². The molecular weight excluding hydrogens is 1130 g/mol. The number of aromatic nitrogens is 2. The molecule has 14 aromatic carbocycles. The molecule has 438 valence electrons. The zero-order chi connectivity index (χ0) is 61.5. The molecule has 0 spiro atoms. The molecule has 0 radical (unpaired) electrons. The van der Waals surface area contributed by atoms with E-state index in [1.807, 2.05) is 24.3 Å². The largest absolute Gasteiger partial charge is 0.456 e. The lowest BCUT2D eigenvalue weighted by Crippen LogP contribution is -2.18. The first kappa shape index (κ1) is 52.8. The number of hydrogen-bond donors (Lipinski definition) is 0. The minimum atomic E-state index is -0.566. The maximum absolute atomic E-state index is 6.50. The van der Waals surface area contributed by atoms with Crippen molar-refractivity contribution in [2.75, 3.05) is 9.80 Å². The minimum absolute atomic E-state index is 0.566. The van der Waals surface area contributed by atoms with Crippen LogP contribution < -0.4 is 9.80 Å². The van der Waals surface area contributed by atoms with Gasteiger partial charge in [0.15, 0.2) is 0 Å². The number of hydrogen-bond acceptors (Lipinski definition) is 4. The maximum Gasteiger partial charge on any atom is 0.135 e. The Hall–Kier alpha value is -12.1. The number of furan rings is 2. The third kappa shape index (κ3) is 8.01. The molecule has 6 nitrogen and oxygen atoms in total. The molecule has 0 bridgehead atoms. The molecule has 0 N–H and O–H groups in total. The minimum Gasteiger partial charge on any atom is -0.456 e. The highest BCUT2D eigenvalue weighted by atomic mass is 16.3. The summed E-state index contributed by atoms with van der Waals surface area (Å²) in [5.41, 5.74) is 21.5. The van der Waals surface area contributed by atoms with Crippen molar-refractivity contribution in [1.82, 2.24) is 9.13 Å². The fourth-order valence-electron chi connectivity index (χ4n) is 15.6. The molecule has 19 rings (SSSR count). The zero-order valence-electron chi connectivity index (χ0n) is 51.1. The van der Waals surface area contributed by atoms with Crippen LogP contribution in [0.1, 0.15) is 25.0 Å². The van der Waals surface area contributed by atoms with Crippen molar-refractivity contribution < 1.29 is 8.83 Å². The van der Waals surface area contributed by atoms with Gasteiger partial charge in [0, 0.05) is 94.4 Å². The fraction of sp³-hybridized carbons (Fsp3) is 0.0345. The molecule has 0 amide bonds. The highest BCUT2D eigenvalue weighted by molar-refractivity contribution is 6.33. The summed E-state index contributed by atoms with van der Waals surface area (Å²) in [6, 6.07) is 114. The van der Waals surface area contributed by atoms with Gasteiger partial charge >= 0.3 is 0 Å². The van der Waals surface area contributed by atoms with E-state index in [2.05, 4.69) is 324 Å². The van der Waals surface area contributed by atoms with Crippen molar-refractivity contribution in [3.63, 3.8) is 0 Å². The zero-order valence-corrected chi connectivity index (χ0v) is 51.1. The maximum atomic E-state index is 6.50. The van der Waals surface area contributed by atoms with E-state index < -0.39 is 5.41 Å². The number of nitrogens with zero attached hydrogens (tertiary/aromatic N) is 4. The molecule has 0 fully saturated rings. The van der Waals surface area contributed by atoms with E-state index in [0.29, 0.717) is 0 Å². The number of anilines is 6. The van der Waals surface area contributed by atoms with Gasteiger partial charge < -0.3 is 27.8 Å². The molecule has 4 heterocycles. The Bertz CT molecular complexity index is 5600. The van der Waals surface area contributed by atoms with Gasteiger partial charge in [-0.3, -0.25) is 0 Å². The summed E-state index contributed by atoms with van der Waals surface area (Å²) in [5.74, 6) is 1.67. The highest BCUT2D eigenvalue weighted by Gasteiger charge is 2.44. The standard InChI is InChI=1S/C87H58N4O2/c1-87(2)83-81(69-41-19-17-39-67(69)79-71-47-45-65(53-73(71)90(85(79)83)61-33-11-5-12-34-61)88(59-29-7-3-8-30-59)63-37-23-27-55(49-63)77-51-57-25-15-21-43-75(57)92-77)82-70-42-20-18-40-68(70)80-72-48-46-66(54-74(72)91(86(80)84(82)87)62-35-13-6-14-36-62)89(60-31-9-4-10-32-60)64-38-24-28-56(50-64)78-52-58-26-16-22-44-76(58)93-78/h3-54H,1-2H3. The first-order valence-corrected chi connectivity index (χ1v) is 32.0. The number of benzene rings is 14. The van der Waals surface area contributed by atoms with Crippen molar-refractivity contribution >= 4 is 121 Å². The molecule has 0 atom stereocenters. The number of fused-ring (bicyclic) bond motifs is 19. The summed E-state index contributed by atoms with van der Waals surface area (Å²) in [5, 5.41) is 12.0. The Kier molecular flexibility index (Phi) is 11.6. The van der Waals surface area contributed by atoms with Crippen molar-refractivity contribution in [3.8, 4) is 45.1 Å². The average molecular weight is 1190 g/mol. The van der Waals surface area contributed by atoms with Gasteiger partial charge in [-0.05, 0) is 165 Å². The average Bonchev–Trinajstić information content (AvgIpc) is 1.50. The summed E-state index contributed by atoms with van der Waals surface area (Å²) >= 11 is 0. The summed E-state index contributed by atoms with van der Waals surface area (Å²) in [6.45, 7) is 4.99. The molecule has 6 heteroatoms. The van der Waals surface area contributed by atoms with Crippen LogP contribution in [-0.4, -0.2) is 9.13 Å². The van der Waals surface area contributed by atoms with E-state index in [1.165, 1.54) is 76.4 Å². The Labute approximate surface area is 536 Å². The molecule has 0 saturated carbocycles. The van der Waals surface area contributed by atoms with Crippen LogP contribution in [0.3, 0.4) is 0 Å². The van der Waals surface area contributed by atoms with Gasteiger partial charge in [-0.15, -0.1) is 0 Å². The van der Waals surface area contributed by atoms with Gasteiger partial charge in [-0.1, -0.05) is 208 Å². The lowest BCUT2D eigenvalue weighted by Gasteiger charge is -2.27. The van der Waals surface area contributed by atoms with E-state index in [-0.39, 0.29) is 0 Å². The predicted molar refractivity (Wildman–Crippen MR) is 387 cm³/mol. The van der Waals surface area contributed by atoms with Crippen LogP contribution in [0.2, 0.25) is 0 Å². The number of para-hydroxylation sites is 6. The Morgan fingerprint density at radius 1 is 0.290 bits per heavy atom. The van der Waals surface area contributed by atoms with Crippen molar-refractivity contribution in [1.29, 1.82) is 0 Å². The van der Waals surface area contributed by atoms with Crippen LogP contribution in [0.5, 0.6) is 0 Å². The number of rotatable bonds is 10. The third-order valence-electron chi connectivity index (χ3n) is 19.5. The molecule has 93 heavy (non-hydrogen) atoms. The summed E-state index contributed by atoms with van der Waals surface area (Å²) in [4.78, 5) is 4.77. The van der Waals surface area contributed by atoms with E-state index in [4.69, 9.17) is 8.83 Å². The Balaban J connectivity index is 0.877. The van der Waals surface area contributed by atoms with Crippen molar-refractivity contribution in [3.05, 3.63) is 327 Å². The molecule has 0 saturated heterocycles. The second-order valence-corrected chi connectivity index (χ2v) is 25.1. The van der Waals surface area contributed by atoms with E-state index in [9.17, 15) is 0 Å². The van der Waals surface area contributed by atoms with Crippen LogP contribution in [0.25, 0.3) is 132 Å². The van der Waals surface area contributed by atoms with Crippen molar-refractivity contribution in [2.45, 2.75) is 19.3 Å². The Morgan fingerprint density at radius 3 is 1.06 bits per heavy atom. The highest BCUT2D eigenvalue weighted by Crippen LogP contribution is 2.62. The van der Waals surface area contributed by atoms with Crippen LogP contribution in [0.4, 0.5) is 34.1 Å². The molecule has 4 aromatic heterocycles. The Morgan fingerprint density at radius 2 is 0.645 bits per heavy atom. The van der Waals surface area contributed by atoms with Crippen LogP contribution in [-0.2, 0) is 5.41 Å². The van der Waals surface area contributed by atoms with E-state index in [1.54, 1.807) is 0 Å². The van der Waals surface area contributed by atoms with Gasteiger partial charge in [0.05, 0.1) is 22.1 Å². The SMILES string of the molecule is CC1(C)c2c(c3ccccc3c3c4ccc(N(c5ccccc5)c5cccc(-c6cc7ccccc7o6)c5)cc4n(-c4ccccc4)c23)-c2c1c1c(c3ccccc23)c2ccc(N(c3ccccc3)c3cccc(-c4cc5ccccc5o4)c3)cc2n1-c1ccccc1. The summed E-state index contributed by atoms with van der Waals surface area (Å²) in [7, 11) is 0. The van der Waals surface area contributed by atoms with Crippen molar-refractivity contribution in [2.24, 2.45) is 0 Å². The van der Waals surface area contributed by atoms with Gasteiger partial charge in [-0.25, -0.2) is 0 Å². The predicted octanol–water partition coefficient (Wildman–Crippen LogP) is 24.3. The molecule has 1 aliphatic carbocycles. The monoisotopic (exact) mass is 1190 g/mol. The second kappa shape index (κ2) is 20.5. The summed E-state index contributed by atoms with van der Waals surface area (Å²) in [6.07, 6.45) is 0. The van der Waals surface area contributed by atoms with E-state index in [0.717, 1.165) is 101 Å². The fourth-order valence-corrected chi connectivity index (χ4v) is 15.6. The van der Waals surface area contributed by atoms with E-state index >= 15 is 0 Å². The lowest BCUT2D eigenvalue weighted by atomic mass is 9.79. The first-order valence-electron chi connectivity index (χ1n) is 32.0. The first-order chi connectivity index (χ1) is 45.9. The quantitative estimate of drug-likeness (QED) is 0.137. The molecule has 0 unspecified atom stereocenters. The molecule has 18 aromatic rings. The summed E-state index contributed by atoms with van der Waals surface area (Å²) < 4.78 is 18.2. The molecule has 1 aliphatic rings. The smallest absolute Gasteiger partial charge is 0.135 e. The normalized spacial score (nSPS) is 12.7.